The molecule has 0 bridgehead atoms. The first-order valence-corrected chi connectivity index (χ1v) is 13.7. The molecule has 3 atom stereocenters. The van der Waals surface area contributed by atoms with Crippen molar-refractivity contribution in [2.24, 2.45) is 23.7 Å². The van der Waals surface area contributed by atoms with Crippen molar-refractivity contribution in [3.8, 4) is 0 Å². The maximum Gasteiger partial charge on any atom is 0.167 e. The molecule has 2 aliphatic carbocycles. The molecule has 2 aliphatic rings. The van der Waals surface area contributed by atoms with E-state index < -0.39 is 0 Å². The van der Waals surface area contributed by atoms with Crippen LogP contribution in [0.4, 0.5) is 0 Å². The lowest BCUT2D eigenvalue weighted by Gasteiger charge is -2.30. The van der Waals surface area contributed by atoms with Gasteiger partial charge in [-0.3, -0.25) is 24.0 Å². The van der Waals surface area contributed by atoms with Gasteiger partial charge in [0.05, 0.1) is 6.42 Å². The van der Waals surface area contributed by atoms with Crippen LogP contribution in [0.3, 0.4) is 0 Å². The first-order chi connectivity index (χ1) is 17.0. The Morgan fingerprint density at radius 1 is 1.00 bits per heavy atom. The molecular weight excluding hydrogens is 452 g/mol. The molecule has 0 radical (unpaired) electrons. The Kier molecular flexibility index (Phi) is 13.7. The number of Topliss-reactive ketones (excluding diaryl/α,β-unsaturated/α-hetero) is 5. The standard InChI is InChI=1S/C23H30O4.C5H8O.C3H8/c1-5-8-16(18(6-2)20(25)11-15(4)24)12-17-13-21(26)22-14(3)9-7-10-19(22)23(17)27;1-4(6)5-2-3-5;1-3-2/h7,9-10,16-18H,5-6,8,11-13H2,1-4H3;5H,2-3H2,1H3;3H2,1-2H3. The Balaban J connectivity index is 0.000000607. The van der Waals surface area contributed by atoms with Crippen molar-refractivity contribution in [2.75, 3.05) is 0 Å². The van der Waals surface area contributed by atoms with Gasteiger partial charge in [0.1, 0.15) is 17.3 Å². The fraction of sp³-hybridized carbons (Fsp3) is 0.645. The normalized spacial score (nSPS) is 18.0. The van der Waals surface area contributed by atoms with Gasteiger partial charge in [0, 0.05) is 35.3 Å². The van der Waals surface area contributed by atoms with Crippen LogP contribution in [0, 0.1) is 30.6 Å². The monoisotopic (exact) mass is 498 g/mol. The summed E-state index contributed by atoms with van der Waals surface area (Å²) in [4.78, 5) is 59.8. The molecule has 0 amide bonds. The van der Waals surface area contributed by atoms with Gasteiger partial charge in [0.2, 0.25) is 0 Å². The summed E-state index contributed by atoms with van der Waals surface area (Å²) in [5, 5.41) is 0. The van der Waals surface area contributed by atoms with Crippen molar-refractivity contribution >= 4 is 28.9 Å². The van der Waals surface area contributed by atoms with Gasteiger partial charge in [-0.15, -0.1) is 0 Å². The van der Waals surface area contributed by atoms with Crippen LogP contribution in [0.15, 0.2) is 18.2 Å². The smallest absolute Gasteiger partial charge is 0.167 e. The Morgan fingerprint density at radius 3 is 2.06 bits per heavy atom. The third kappa shape index (κ3) is 9.55. The molecule has 1 aromatic rings. The molecule has 0 aromatic heterocycles. The number of ketones is 5. The van der Waals surface area contributed by atoms with Crippen molar-refractivity contribution in [2.45, 2.75) is 106 Å². The number of fused-ring (bicyclic) bond motifs is 1. The van der Waals surface area contributed by atoms with Gasteiger partial charge in [0.15, 0.2) is 11.6 Å². The SMILES string of the molecule is CC(=O)C1CC1.CCC.CCCC(CC1CC(=O)c2c(C)cccc2C1=O)C(CC)C(=O)CC(C)=O. The third-order valence-corrected chi connectivity index (χ3v) is 6.86. The van der Waals surface area contributed by atoms with Crippen LogP contribution in [0.1, 0.15) is 126 Å². The summed E-state index contributed by atoms with van der Waals surface area (Å²) in [5.41, 5.74) is 1.93. The van der Waals surface area contributed by atoms with Gasteiger partial charge in [-0.1, -0.05) is 58.7 Å². The highest BCUT2D eigenvalue weighted by molar-refractivity contribution is 6.15. The Hall–Kier alpha value is -2.43. The number of carbonyl (C=O) groups is 5. The summed E-state index contributed by atoms with van der Waals surface area (Å²) in [6, 6.07) is 5.41. The summed E-state index contributed by atoms with van der Waals surface area (Å²) in [6.07, 6.45) is 6.63. The lowest BCUT2D eigenvalue weighted by atomic mass is 9.71. The van der Waals surface area contributed by atoms with E-state index in [1.54, 1.807) is 13.0 Å². The van der Waals surface area contributed by atoms with E-state index in [4.69, 9.17) is 0 Å². The van der Waals surface area contributed by atoms with Crippen molar-refractivity contribution in [1.29, 1.82) is 0 Å². The summed E-state index contributed by atoms with van der Waals surface area (Å²) in [5.74, 6) is 0.142. The molecule has 3 rings (SSSR count). The molecule has 0 aliphatic heterocycles. The summed E-state index contributed by atoms with van der Waals surface area (Å²) >= 11 is 0. The van der Waals surface area contributed by atoms with E-state index in [1.165, 1.54) is 13.3 Å². The van der Waals surface area contributed by atoms with Crippen LogP contribution in [0.25, 0.3) is 0 Å². The Morgan fingerprint density at radius 2 is 1.61 bits per heavy atom. The van der Waals surface area contributed by atoms with Crippen molar-refractivity contribution in [3.63, 3.8) is 0 Å². The van der Waals surface area contributed by atoms with Crippen LogP contribution in [-0.2, 0) is 14.4 Å². The van der Waals surface area contributed by atoms with E-state index in [0.29, 0.717) is 35.7 Å². The first-order valence-electron chi connectivity index (χ1n) is 13.7. The van der Waals surface area contributed by atoms with Gasteiger partial charge >= 0.3 is 0 Å². The Bertz CT molecular complexity index is 925. The van der Waals surface area contributed by atoms with Gasteiger partial charge in [-0.05, 0) is 64.4 Å². The molecule has 0 saturated heterocycles. The van der Waals surface area contributed by atoms with Crippen LogP contribution < -0.4 is 0 Å². The summed E-state index contributed by atoms with van der Waals surface area (Å²) in [7, 11) is 0. The third-order valence-electron chi connectivity index (χ3n) is 6.86. The molecule has 5 heteroatoms. The highest BCUT2D eigenvalue weighted by atomic mass is 16.2. The second-order valence-electron chi connectivity index (χ2n) is 10.4. The zero-order chi connectivity index (χ0) is 27.4. The number of benzene rings is 1. The molecular formula is C31H46O5. The molecule has 0 spiro atoms. The second-order valence-corrected chi connectivity index (χ2v) is 10.4. The fourth-order valence-electron chi connectivity index (χ4n) is 4.98. The minimum atomic E-state index is -0.373. The highest BCUT2D eigenvalue weighted by Gasteiger charge is 2.37. The molecule has 1 aromatic carbocycles. The fourth-order valence-corrected chi connectivity index (χ4v) is 4.98. The zero-order valence-electron chi connectivity index (χ0n) is 23.4. The molecule has 1 saturated carbocycles. The number of carbonyl (C=O) groups excluding carboxylic acids is 5. The number of hydrogen-bond acceptors (Lipinski definition) is 5. The zero-order valence-corrected chi connectivity index (χ0v) is 23.4. The topological polar surface area (TPSA) is 85.3 Å². The van der Waals surface area contributed by atoms with E-state index >= 15 is 0 Å². The van der Waals surface area contributed by atoms with Crippen molar-refractivity contribution in [1.82, 2.24) is 0 Å². The average molecular weight is 499 g/mol. The van der Waals surface area contributed by atoms with Crippen LogP contribution in [0.2, 0.25) is 0 Å². The van der Waals surface area contributed by atoms with Crippen LogP contribution >= 0.6 is 0 Å². The van der Waals surface area contributed by atoms with Crippen LogP contribution in [0.5, 0.6) is 0 Å². The lowest BCUT2D eigenvalue weighted by Crippen LogP contribution is -2.33. The van der Waals surface area contributed by atoms with Crippen molar-refractivity contribution in [3.05, 3.63) is 34.9 Å². The van der Waals surface area contributed by atoms with E-state index in [-0.39, 0.29) is 53.7 Å². The maximum absolute atomic E-state index is 13.0. The lowest BCUT2D eigenvalue weighted by molar-refractivity contribution is -0.130. The van der Waals surface area contributed by atoms with E-state index in [0.717, 1.165) is 31.2 Å². The first kappa shape index (κ1) is 31.6. The molecule has 3 unspecified atom stereocenters. The summed E-state index contributed by atoms with van der Waals surface area (Å²) < 4.78 is 0. The predicted octanol–water partition coefficient (Wildman–Crippen LogP) is 7.16. The molecule has 200 valence electrons. The number of rotatable bonds is 10. The highest BCUT2D eigenvalue weighted by Crippen LogP contribution is 2.36. The molecule has 1 fully saturated rings. The Labute approximate surface area is 217 Å². The minimum Gasteiger partial charge on any atom is -0.300 e. The molecule has 36 heavy (non-hydrogen) atoms. The number of hydrogen-bond donors (Lipinski definition) is 0. The number of aryl methyl sites for hydroxylation is 1. The predicted molar refractivity (Wildman–Crippen MR) is 144 cm³/mol. The van der Waals surface area contributed by atoms with E-state index in [9.17, 15) is 24.0 Å². The average Bonchev–Trinajstić information content (AvgIpc) is 3.64. The largest absolute Gasteiger partial charge is 0.300 e. The van der Waals surface area contributed by atoms with Crippen LogP contribution in [-0.4, -0.2) is 28.9 Å². The van der Waals surface area contributed by atoms with Crippen molar-refractivity contribution < 1.29 is 24.0 Å². The van der Waals surface area contributed by atoms with Gasteiger partial charge in [-0.2, -0.15) is 0 Å². The van der Waals surface area contributed by atoms with Gasteiger partial charge in [-0.25, -0.2) is 0 Å². The van der Waals surface area contributed by atoms with E-state index in [2.05, 4.69) is 20.8 Å². The maximum atomic E-state index is 13.0. The second kappa shape index (κ2) is 15.6. The minimum absolute atomic E-state index is 0.0169. The van der Waals surface area contributed by atoms with E-state index in [1.807, 2.05) is 26.0 Å². The quantitative estimate of drug-likeness (QED) is 0.319. The van der Waals surface area contributed by atoms with Gasteiger partial charge < -0.3 is 0 Å². The summed E-state index contributed by atoms with van der Waals surface area (Å²) in [6.45, 7) is 13.2. The molecule has 0 N–H and O–H groups in total. The van der Waals surface area contributed by atoms with Gasteiger partial charge in [0.25, 0.3) is 0 Å². The molecule has 5 nitrogen and oxygen atoms in total. The molecule has 0 heterocycles.